The van der Waals surface area contributed by atoms with Gasteiger partial charge in [-0.2, -0.15) is 15.1 Å². The minimum absolute atomic E-state index is 0.511. The van der Waals surface area contributed by atoms with E-state index in [4.69, 9.17) is 9.05 Å². The molecule has 4 rings (SSSR count). The first kappa shape index (κ1) is 15.2. The molecule has 9 heteroatoms. The third-order valence-corrected chi connectivity index (χ3v) is 3.61. The Kier molecular flexibility index (Phi) is 4.03. The van der Waals surface area contributed by atoms with Crippen molar-refractivity contribution in [2.75, 3.05) is 0 Å². The smallest absolute Gasteiger partial charge is 0.226 e. The zero-order valence-corrected chi connectivity index (χ0v) is 13.5. The highest BCUT2D eigenvalue weighted by atomic mass is 16.5. The first-order chi connectivity index (χ1) is 12.3. The molecule has 0 amide bonds. The van der Waals surface area contributed by atoms with E-state index in [2.05, 4.69) is 30.4 Å². The zero-order valence-electron chi connectivity index (χ0n) is 13.5. The topological polar surface area (TPSA) is 109 Å². The maximum atomic E-state index is 5.36. The molecule has 0 radical (unpaired) electrons. The van der Waals surface area contributed by atoms with Crippen LogP contribution < -0.4 is 0 Å². The molecule has 0 saturated heterocycles. The highest BCUT2D eigenvalue weighted by Crippen LogP contribution is 2.23. The van der Waals surface area contributed by atoms with Crippen molar-refractivity contribution in [2.24, 2.45) is 0 Å². The van der Waals surface area contributed by atoms with Crippen LogP contribution in [-0.2, 0) is 12.8 Å². The molecule has 25 heavy (non-hydrogen) atoms. The van der Waals surface area contributed by atoms with Crippen LogP contribution in [0.25, 0.3) is 17.1 Å². The van der Waals surface area contributed by atoms with Gasteiger partial charge in [-0.1, -0.05) is 10.3 Å². The predicted octanol–water partition coefficient (Wildman–Crippen LogP) is 2.18. The molecule has 0 atom stereocenters. The van der Waals surface area contributed by atoms with E-state index in [1.807, 2.05) is 18.3 Å². The van der Waals surface area contributed by atoms with Crippen molar-refractivity contribution in [1.29, 1.82) is 0 Å². The largest absolute Gasteiger partial charge is 0.339 e. The summed E-state index contributed by atoms with van der Waals surface area (Å²) in [6.45, 7) is 1.79. The third-order valence-electron chi connectivity index (χ3n) is 3.61. The number of hydrogen-bond donors (Lipinski definition) is 0. The second-order valence-corrected chi connectivity index (χ2v) is 5.44. The zero-order chi connectivity index (χ0) is 17.1. The van der Waals surface area contributed by atoms with Crippen molar-refractivity contribution in [3.8, 4) is 17.1 Å². The molecule has 9 nitrogen and oxygen atoms in total. The molecule has 0 saturated carbocycles. The van der Waals surface area contributed by atoms with Crippen LogP contribution in [0.2, 0.25) is 0 Å². The highest BCUT2D eigenvalue weighted by molar-refractivity contribution is 5.65. The van der Waals surface area contributed by atoms with Crippen LogP contribution in [0, 0.1) is 6.92 Å². The van der Waals surface area contributed by atoms with Gasteiger partial charge in [-0.15, -0.1) is 0 Å². The van der Waals surface area contributed by atoms with E-state index in [0.717, 1.165) is 17.7 Å². The molecule has 0 aliphatic rings. The SMILES string of the molecule is Cc1noc(CCCc2nc(-c3ccncc3-n3cccn3)no2)n1. The van der Waals surface area contributed by atoms with Crippen molar-refractivity contribution in [3.63, 3.8) is 0 Å². The van der Waals surface area contributed by atoms with Gasteiger partial charge in [0.25, 0.3) is 0 Å². The average Bonchev–Trinajstić information content (AvgIpc) is 3.37. The molecule has 0 aliphatic carbocycles. The number of aryl methyl sites for hydroxylation is 3. The van der Waals surface area contributed by atoms with Crippen LogP contribution in [0.5, 0.6) is 0 Å². The summed E-state index contributed by atoms with van der Waals surface area (Å²) in [6.07, 6.45) is 9.05. The molecule has 0 aromatic carbocycles. The lowest BCUT2D eigenvalue weighted by atomic mass is 10.2. The lowest BCUT2D eigenvalue weighted by molar-refractivity contribution is 0.358. The standard InChI is InChI=1S/C16H15N7O2/c1-11-19-14(24-21-11)4-2-5-15-20-16(22-25-15)12-6-8-17-10-13(12)23-9-3-7-18-23/h3,6-10H,2,4-5H2,1H3. The minimum Gasteiger partial charge on any atom is -0.339 e. The molecule has 4 aromatic rings. The summed E-state index contributed by atoms with van der Waals surface area (Å²) in [6, 6.07) is 3.69. The molecule has 0 N–H and O–H groups in total. The molecule has 0 bridgehead atoms. The average molecular weight is 337 g/mol. The second-order valence-electron chi connectivity index (χ2n) is 5.44. The number of pyridine rings is 1. The molecular weight excluding hydrogens is 322 g/mol. The molecular formula is C16H15N7O2. The summed E-state index contributed by atoms with van der Waals surface area (Å²) >= 11 is 0. The maximum absolute atomic E-state index is 5.36. The summed E-state index contributed by atoms with van der Waals surface area (Å²) in [5.74, 6) is 2.33. The van der Waals surface area contributed by atoms with Crippen molar-refractivity contribution >= 4 is 0 Å². The van der Waals surface area contributed by atoms with E-state index in [1.54, 1.807) is 30.2 Å². The molecule has 126 valence electrons. The molecule has 4 heterocycles. The van der Waals surface area contributed by atoms with Gasteiger partial charge in [0.1, 0.15) is 0 Å². The van der Waals surface area contributed by atoms with Crippen LogP contribution in [0.1, 0.15) is 24.0 Å². The molecule has 4 aromatic heterocycles. The highest BCUT2D eigenvalue weighted by Gasteiger charge is 2.14. The Morgan fingerprint density at radius 2 is 1.88 bits per heavy atom. The number of nitrogens with zero attached hydrogens (tertiary/aromatic N) is 7. The van der Waals surface area contributed by atoms with Gasteiger partial charge in [-0.3, -0.25) is 4.98 Å². The summed E-state index contributed by atoms with van der Waals surface area (Å²) in [5.41, 5.74) is 1.60. The Bertz CT molecular complexity index is 958. The lowest BCUT2D eigenvalue weighted by Crippen LogP contribution is -1.99. The fraction of sp³-hybridized carbons (Fsp3) is 0.250. The van der Waals surface area contributed by atoms with E-state index < -0.39 is 0 Å². The second kappa shape index (κ2) is 6.63. The summed E-state index contributed by atoms with van der Waals surface area (Å²) < 4.78 is 12.2. The van der Waals surface area contributed by atoms with Crippen molar-refractivity contribution < 1.29 is 9.05 Å². The van der Waals surface area contributed by atoms with Gasteiger partial charge >= 0.3 is 0 Å². The van der Waals surface area contributed by atoms with Crippen LogP contribution in [0.4, 0.5) is 0 Å². The normalized spacial score (nSPS) is 11.1. The molecule has 0 aliphatic heterocycles. The number of hydrogen-bond acceptors (Lipinski definition) is 8. The minimum atomic E-state index is 0.511. The first-order valence-electron chi connectivity index (χ1n) is 7.86. The summed E-state index contributed by atoms with van der Waals surface area (Å²) in [7, 11) is 0. The summed E-state index contributed by atoms with van der Waals surface area (Å²) in [4.78, 5) is 12.8. The third kappa shape index (κ3) is 3.30. The Morgan fingerprint density at radius 1 is 1.04 bits per heavy atom. The Hall–Kier alpha value is -3.36. The van der Waals surface area contributed by atoms with Crippen molar-refractivity contribution in [2.45, 2.75) is 26.2 Å². The van der Waals surface area contributed by atoms with Gasteiger partial charge in [0.2, 0.25) is 17.6 Å². The Balaban J connectivity index is 1.48. The van der Waals surface area contributed by atoms with E-state index in [1.165, 1.54) is 0 Å². The fourth-order valence-corrected chi connectivity index (χ4v) is 2.47. The number of aromatic nitrogens is 7. The van der Waals surface area contributed by atoms with Gasteiger partial charge in [-0.05, 0) is 25.5 Å². The first-order valence-corrected chi connectivity index (χ1v) is 7.86. The van der Waals surface area contributed by atoms with Crippen LogP contribution in [0.15, 0.2) is 46.0 Å². The number of rotatable bonds is 6. The van der Waals surface area contributed by atoms with Crippen molar-refractivity contribution in [3.05, 3.63) is 54.5 Å². The molecule has 0 unspecified atom stereocenters. The summed E-state index contributed by atoms with van der Waals surface area (Å²) in [5, 5.41) is 12.1. The molecule has 0 spiro atoms. The van der Waals surface area contributed by atoms with E-state index in [9.17, 15) is 0 Å². The molecule has 0 fully saturated rings. The van der Waals surface area contributed by atoms with E-state index in [-0.39, 0.29) is 0 Å². The van der Waals surface area contributed by atoms with Crippen LogP contribution >= 0.6 is 0 Å². The van der Waals surface area contributed by atoms with Crippen molar-refractivity contribution in [1.82, 2.24) is 35.0 Å². The van der Waals surface area contributed by atoms with Crippen LogP contribution in [0.3, 0.4) is 0 Å². The van der Waals surface area contributed by atoms with Gasteiger partial charge in [0, 0.05) is 31.4 Å². The van der Waals surface area contributed by atoms with Gasteiger partial charge < -0.3 is 9.05 Å². The fourth-order valence-electron chi connectivity index (χ4n) is 2.47. The quantitative estimate of drug-likeness (QED) is 0.527. The lowest BCUT2D eigenvalue weighted by Gasteiger charge is -2.04. The predicted molar refractivity (Wildman–Crippen MR) is 85.7 cm³/mol. The van der Waals surface area contributed by atoms with E-state index >= 15 is 0 Å². The monoisotopic (exact) mass is 337 g/mol. The Morgan fingerprint density at radius 3 is 2.64 bits per heavy atom. The Labute approximate surface area is 142 Å². The maximum Gasteiger partial charge on any atom is 0.226 e. The van der Waals surface area contributed by atoms with Gasteiger partial charge in [0.15, 0.2) is 5.82 Å². The van der Waals surface area contributed by atoms with Crippen LogP contribution in [-0.4, -0.2) is 35.0 Å². The van der Waals surface area contributed by atoms with E-state index in [0.29, 0.717) is 36.3 Å². The van der Waals surface area contributed by atoms with Gasteiger partial charge in [0.05, 0.1) is 17.4 Å². The van der Waals surface area contributed by atoms with Gasteiger partial charge in [-0.25, -0.2) is 4.68 Å².